The van der Waals surface area contributed by atoms with Crippen LogP contribution >= 0.6 is 11.8 Å². The average Bonchev–Trinajstić information content (AvgIpc) is 2.14. The van der Waals surface area contributed by atoms with Crippen molar-refractivity contribution in [3.05, 3.63) is 0 Å². The van der Waals surface area contributed by atoms with Crippen molar-refractivity contribution in [1.82, 2.24) is 4.90 Å². The molecule has 2 N–H and O–H groups in total. The van der Waals surface area contributed by atoms with Gasteiger partial charge < -0.3 is 10.6 Å². The van der Waals surface area contributed by atoms with E-state index >= 15 is 0 Å². The Morgan fingerprint density at radius 1 is 1.46 bits per heavy atom. The zero-order chi connectivity index (χ0) is 9.68. The molecule has 13 heavy (non-hydrogen) atoms. The van der Waals surface area contributed by atoms with Crippen LogP contribution in [0.2, 0.25) is 0 Å². The van der Waals surface area contributed by atoms with Gasteiger partial charge in [0.25, 0.3) is 0 Å². The number of rotatable bonds is 4. The summed E-state index contributed by atoms with van der Waals surface area (Å²) in [5, 5.41) is 0. The van der Waals surface area contributed by atoms with Crippen molar-refractivity contribution in [3.63, 3.8) is 0 Å². The molecule has 1 saturated carbocycles. The first-order chi connectivity index (χ1) is 6.24. The second-order valence-corrected chi connectivity index (χ2v) is 5.04. The molecule has 2 atom stereocenters. The first-order valence-corrected chi connectivity index (χ1v) is 6.58. The van der Waals surface area contributed by atoms with Crippen LogP contribution in [-0.2, 0) is 0 Å². The smallest absolute Gasteiger partial charge is 0.0107 e. The van der Waals surface area contributed by atoms with Gasteiger partial charge in [-0.25, -0.2) is 0 Å². The molecule has 0 saturated heterocycles. The van der Waals surface area contributed by atoms with Crippen LogP contribution in [0.4, 0.5) is 0 Å². The molecule has 2 unspecified atom stereocenters. The van der Waals surface area contributed by atoms with E-state index in [-0.39, 0.29) is 0 Å². The van der Waals surface area contributed by atoms with E-state index in [0.29, 0.717) is 6.04 Å². The first-order valence-electron chi connectivity index (χ1n) is 5.18. The van der Waals surface area contributed by atoms with Crippen LogP contribution in [0.3, 0.4) is 0 Å². The third kappa shape index (κ3) is 3.88. The van der Waals surface area contributed by atoms with Gasteiger partial charge in [0.2, 0.25) is 0 Å². The molecule has 0 aromatic carbocycles. The lowest BCUT2D eigenvalue weighted by molar-refractivity contribution is 0.189. The molecular weight excluding hydrogens is 180 g/mol. The molecule has 78 valence electrons. The number of thioether (sulfide) groups is 1. The van der Waals surface area contributed by atoms with E-state index in [0.717, 1.165) is 6.04 Å². The molecule has 0 radical (unpaired) electrons. The van der Waals surface area contributed by atoms with Crippen LogP contribution in [-0.4, -0.2) is 42.6 Å². The largest absolute Gasteiger partial charge is 0.328 e. The molecule has 1 rings (SSSR count). The maximum absolute atomic E-state index is 5.96. The summed E-state index contributed by atoms with van der Waals surface area (Å²) in [6.07, 6.45) is 7.26. The van der Waals surface area contributed by atoms with Gasteiger partial charge in [0.15, 0.2) is 0 Å². The molecule has 0 spiro atoms. The Balaban J connectivity index is 2.24. The van der Waals surface area contributed by atoms with Gasteiger partial charge in [-0.1, -0.05) is 6.42 Å². The van der Waals surface area contributed by atoms with Crippen molar-refractivity contribution in [2.75, 3.05) is 25.6 Å². The van der Waals surface area contributed by atoms with Gasteiger partial charge >= 0.3 is 0 Å². The Morgan fingerprint density at radius 2 is 2.23 bits per heavy atom. The average molecular weight is 202 g/mol. The van der Waals surface area contributed by atoms with Gasteiger partial charge in [-0.05, 0) is 32.6 Å². The van der Waals surface area contributed by atoms with Crippen molar-refractivity contribution in [3.8, 4) is 0 Å². The van der Waals surface area contributed by atoms with E-state index in [1.54, 1.807) is 0 Å². The number of nitrogens with zero attached hydrogens (tertiary/aromatic N) is 1. The lowest BCUT2D eigenvalue weighted by Gasteiger charge is -2.33. The highest BCUT2D eigenvalue weighted by Crippen LogP contribution is 2.20. The normalized spacial score (nSPS) is 29.5. The van der Waals surface area contributed by atoms with Crippen molar-refractivity contribution in [1.29, 1.82) is 0 Å². The summed E-state index contributed by atoms with van der Waals surface area (Å²) >= 11 is 1.92. The van der Waals surface area contributed by atoms with E-state index in [4.69, 9.17) is 5.73 Å². The molecule has 1 fully saturated rings. The fourth-order valence-electron chi connectivity index (χ4n) is 2.02. The summed E-state index contributed by atoms with van der Waals surface area (Å²) in [7, 11) is 2.24. The van der Waals surface area contributed by atoms with Gasteiger partial charge in [-0.15, -0.1) is 0 Å². The number of hydrogen-bond acceptors (Lipinski definition) is 3. The molecular formula is C10H22N2S. The zero-order valence-electron chi connectivity index (χ0n) is 8.83. The molecule has 3 heteroatoms. The van der Waals surface area contributed by atoms with Gasteiger partial charge in [-0.2, -0.15) is 11.8 Å². The Labute approximate surface area is 86.2 Å². The van der Waals surface area contributed by atoms with Crippen LogP contribution in [0.15, 0.2) is 0 Å². The Kier molecular flexibility index (Phi) is 5.14. The lowest BCUT2D eigenvalue weighted by Crippen LogP contribution is -2.41. The standard InChI is InChI=1S/C10H22N2S/c1-12(6-7-13-2)10-5-3-4-9(11)8-10/h9-10H,3-8,11H2,1-2H3. The van der Waals surface area contributed by atoms with Crippen LogP contribution < -0.4 is 5.73 Å². The van der Waals surface area contributed by atoms with E-state index in [1.165, 1.54) is 38.0 Å². The third-order valence-corrected chi connectivity index (χ3v) is 3.55. The zero-order valence-corrected chi connectivity index (χ0v) is 9.65. The Hall–Kier alpha value is 0.270. The Bertz CT molecular complexity index is 141. The highest BCUT2D eigenvalue weighted by molar-refractivity contribution is 7.98. The fraction of sp³-hybridized carbons (Fsp3) is 1.00. The van der Waals surface area contributed by atoms with E-state index in [1.807, 2.05) is 11.8 Å². The van der Waals surface area contributed by atoms with E-state index in [9.17, 15) is 0 Å². The molecule has 0 aromatic rings. The topological polar surface area (TPSA) is 29.3 Å². The summed E-state index contributed by atoms with van der Waals surface area (Å²) in [6.45, 7) is 1.21. The minimum Gasteiger partial charge on any atom is -0.328 e. The van der Waals surface area contributed by atoms with Crippen molar-refractivity contribution < 1.29 is 0 Å². The fourth-order valence-corrected chi connectivity index (χ4v) is 2.49. The predicted molar refractivity (Wildman–Crippen MR) is 61.2 cm³/mol. The second kappa shape index (κ2) is 5.89. The molecule has 0 heterocycles. The van der Waals surface area contributed by atoms with Gasteiger partial charge in [0, 0.05) is 24.4 Å². The second-order valence-electron chi connectivity index (χ2n) is 4.05. The van der Waals surface area contributed by atoms with Gasteiger partial charge in [0.1, 0.15) is 0 Å². The lowest BCUT2D eigenvalue weighted by atomic mass is 9.91. The summed E-state index contributed by atoms with van der Waals surface area (Å²) in [5.74, 6) is 1.24. The minimum atomic E-state index is 0.454. The summed E-state index contributed by atoms with van der Waals surface area (Å²) in [5.41, 5.74) is 5.96. The number of hydrogen-bond donors (Lipinski definition) is 1. The maximum atomic E-state index is 5.96. The third-order valence-electron chi connectivity index (χ3n) is 2.96. The molecule has 0 aliphatic heterocycles. The van der Waals surface area contributed by atoms with E-state index in [2.05, 4.69) is 18.2 Å². The van der Waals surface area contributed by atoms with Crippen molar-refractivity contribution in [2.45, 2.75) is 37.8 Å². The molecule has 1 aliphatic rings. The molecule has 1 aliphatic carbocycles. The van der Waals surface area contributed by atoms with Crippen LogP contribution in [0, 0.1) is 0 Å². The first kappa shape index (κ1) is 11.3. The Morgan fingerprint density at radius 3 is 2.85 bits per heavy atom. The minimum absolute atomic E-state index is 0.454. The SMILES string of the molecule is CSCCN(C)C1CCCC(N)C1. The summed E-state index contributed by atoms with van der Waals surface area (Å²) in [6, 6.07) is 1.20. The molecule has 2 nitrogen and oxygen atoms in total. The van der Waals surface area contributed by atoms with Crippen LogP contribution in [0.1, 0.15) is 25.7 Å². The molecule has 0 amide bonds. The van der Waals surface area contributed by atoms with Gasteiger partial charge in [-0.3, -0.25) is 0 Å². The van der Waals surface area contributed by atoms with Crippen molar-refractivity contribution in [2.24, 2.45) is 5.73 Å². The predicted octanol–water partition coefficient (Wildman–Crippen LogP) is 1.55. The maximum Gasteiger partial charge on any atom is 0.0107 e. The van der Waals surface area contributed by atoms with Gasteiger partial charge in [0.05, 0.1) is 0 Å². The number of nitrogens with two attached hydrogens (primary N) is 1. The summed E-state index contributed by atoms with van der Waals surface area (Å²) in [4.78, 5) is 2.48. The molecule has 0 bridgehead atoms. The highest BCUT2D eigenvalue weighted by Gasteiger charge is 2.21. The van der Waals surface area contributed by atoms with Crippen molar-refractivity contribution >= 4 is 11.8 Å². The van der Waals surface area contributed by atoms with E-state index < -0.39 is 0 Å². The van der Waals surface area contributed by atoms with Crippen LogP contribution in [0.5, 0.6) is 0 Å². The summed E-state index contributed by atoms with van der Waals surface area (Å²) < 4.78 is 0. The van der Waals surface area contributed by atoms with Crippen LogP contribution in [0.25, 0.3) is 0 Å². The quantitative estimate of drug-likeness (QED) is 0.750. The monoisotopic (exact) mass is 202 g/mol. The molecule has 0 aromatic heterocycles. The highest BCUT2D eigenvalue weighted by atomic mass is 32.2.